The number of hydrogen-bond donors (Lipinski definition) is 0. The van der Waals surface area contributed by atoms with Gasteiger partial charge in [0.2, 0.25) is 0 Å². The third-order valence-corrected chi connectivity index (χ3v) is 4.38. The monoisotopic (exact) mass is 309 g/mol. The van der Waals surface area contributed by atoms with Crippen LogP contribution >= 0.6 is 0 Å². The number of hydrogen-bond acceptors (Lipinski definition) is 3. The zero-order chi connectivity index (χ0) is 16.2. The Hall–Kier alpha value is -2.36. The SMILES string of the molecule is CN(C)c1ncccc1C1CCCCN1C(=O)c1ccccc1. The Morgan fingerprint density at radius 2 is 1.91 bits per heavy atom. The number of anilines is 1. The van der Waals surface area contributed by atoms with Gasteiger partial charge in [-0.3, -0.25) is 4.79 Å². The quantitative estimate of drug-likeness (QED) is 0.870. The summed E-state index contributed by atoms with van der Waals surface area (Å²) in [7, 11) is 4.00. The zero-order valence-corrected chi connectivity index (χ0v) is 13.8. The topological polar surface area (TPSA) is 36.4 Å². The highest BCUT2D eigenvalue weighted by molar-refractivity contribution is 5.94. The number of aromatic nitrogens is 1. The normalized spacial score (nSPS) is 17.8. The second-order valence-corrected chi connectivity index (χ2v) is 6.19. The predicted molar refractivity (Wildman–Crippen MR) is 92.6 cm³/mol. The third-order valence-electron chi connectivity index (χ3n) is 4.38. The van der Waals surface area contributed by atoms with Gasteiger partial charge in [-0.2, -0.15) is 0 Å². The molecule has 0 bridgehead atoms. The fraction of sp³-hybridized carbons (Fsp3) is 0.368. The fourth-order valence-corrected chi connectivity index (χ4v) is 3.29. The maximum Gasteiger partial charge on any atom is 0.254 e. The molecule has 0 spiro atoms. The molecule has 23 heavy (non-hydrogen) atoms. The second kappa shape index (κ2) is 6.82. The first-order valence-corrected chi connectivity index (χ1v) is 8.16. The minimum Gasteiger partial charge on any atom is -0.362 e. The van der Waals surface area contributed by atoms with Crippen molar-refractivity contribution in [3.8, 4) is 0 Å². The Morgan fingerprint density at radius 1 is 1.13 bits per heavy atom. The van der Waals surface area contributed by atoms with Gasteiger partial charge in [0.15, 0.2) is 0 Å². The standard InChI is InChI=1S/C19H23N3O/c1-21(2)18-16(11-8-13-20-18)17-12-6-7-14-22(17)19(23)15-9-4-3-5-10-15/h3-5,8-11,13,17H,6-7,12,14H2,1-2H3. The summed E-state index contributed by atoms with van der Waals surface area (Å²) in [6.45, 7) is 0.806. The van der Waals surface area contributed by atoms with E-state index in [0.29, 0.717) is 0 Å². The molecule has 0 aliphatic carbocycles. The number of carbonyl (C=O) groups is 1. The molecule has 1 saturated heterocycles. The van der Waals surface area contributed by atoms with E-state index in [0.717, 1.165) is 42.8 Å². The van der Waals surface area contributed by atoms with E-state index < -0.39 is 0 Å². The molecule has 120 valence electrons. The molecule has 3 rings (SSSR count). The van der Waals surface area contributed by atoms with Crippen LogP contribution in [0.3, 0.4) is 0 Å². The highest BCUT2D eigenvalue weighted by Crippen LogP contribution is 2.35. The Balaban J connectivity index is 1.95. The van der Waals surface area contributed by atoms with Crippen LogP contribution in [0.1, 0.15) is 41.2 Å². The molecule has 1 fully saturated rings. The molecule has 1 atom stereocenters. The smallest absolute Gasteiger partial charge is 0.254 e. The molecule has 2 heterocycles. The lowest BCUT2D eigenvalue weighted by Crippen LogP contribution is -2.39. The summed E-state index contributed by atoms with van der Waals surface area (Å²) < 4.78 is 0. The van der Waals surface area contributed by atoms with Crippen LogP contribution < -0.4 is 4.90 Å². The summed E-state index contributed by atoms with van der Waals surface area (Å²) in [4.78, 5) is 21.5. The van der Waals surface area contributed by atoms with Gasteiger partial charge in [0, 0.05) is 38.0 Å². The van der Waals surface area contributed by atoms with Crippen LogP contribution in [0.15, 0.2) is 48.7 Å². The van der Waals surface area contributed by atoms with E-state index in [1.165, 1.54) is 0 Å². The number of rotatable bonds is 3. The van der Waals surface area contributed by atoms with Crippen molar-refractivity contribution in [2.45, 2.75) is 25.3 Å². The Kier molecular flexibility index (Phi) is 4.60. The highest BCUT2D eigenvalue weighted by atomic mass is 16.2. The van der Waals surface area contributed by atoms with Gasteiger partial charge in [-0.1, -0.05) is 24.3 Å². The van der Waals surface area contributed by atoms with Crippen LogP contribution in [-0.2, 0) is 0 Å². The molecule has 1 aliphatic rings. The van der Waals surface area contributed by atoms with E-state index in [9.17, 15) is 4.79 Å². The van der Waals surface area contributed by atoms with Crippen molar-refractivity contribution >= 4 is 11.7 Å². The van der Waals surface area contributed by atoms with E-state index in [2.05, 4.69) is 11.1 Å². The first kappa shape index (κ1) is 15.5. The molecule has 1 aliphatic heterocycles. The number of nitrogens with zero attached hydrogens (tertiary/aromatic N) is 3. The summed E-state index contributed by atoms with van der Waals surface area (Å²) in [5.74, 6) is 1.06. The van der Waals surface area contributed by atoms with E-state index in [4.69, 9.17) is 0 Å². The maximum absolute atomic E-state index is 13.0. The van der Waals surface area contributed by atoms with Gasteiger partial charge in [-0.25, -0.2) is 4.98 Å². The molecular formula is C19H23N3O. The average Bonchev–Trinajstić information content (AvgIpc) is 2.62. The van der Waals surface area contributed by atoms with Gasteiger partial charge in [-0.05, 0) is 37.5 Å². The summed E-state index contributed by atoms with van der Waals surface area (Å²) in [6, 6.07) is 13.7. The van der Waals surface area contributed by atoms with Gasteiger partial charge in [-0.15, -0.1) is 0 Å². The predicted octanol–water partition coefficient (Wildman–Crippen LogP) is 3.52. The summed E-state index contributed by atoms with van der Waals surface area (Å²) in [6.07, 6.45) is 5.01. The Labute approximate surface area is 137 Å². The Morgan fingerprint density at radius 3 is 2.65 bits per heavy atom. The van der Waals surface area contributed by atoms with Crippen molar-refractivity contribution in [3.05, 3.63) is 59.8 Å². The number of piperidine rings is 1. The summed E-state index contributed by atoms with van der Waals surface area (Å²) >= 11 is 0. The molecule has 4 heteroatoms. The van der Waals surface area contributed by atoms with Crippen molar-refractivity contribution in [1.82, 2.24) is 9.88 Å². The minimum absolute atomic E-state index is 0.0996. The van der Waals surface area contributed by atoms with Crippen LogP contribution in [-0.4, -0.2) is 36.4 Å². The maximum atomic E-state index is 13.0. The zero-order valence-electron chi connectivity index (χ0n) is 13.8. The van der Waals surface area contributed by atoms with Crippen LogP contribution in [0.5, 0.6) is 0 Å². The largest absolute Gasteiger partial charge is 0.362 e. The lowest BCUT2D eigenvalue weighted by molar-refractivity contribution is 0.0612. The van der Waals surface area contributed by atoms with E-state index in [-0.39, 0.29) is 11.9 Å². The average molecular weight is 309 g/mol. The molecule has 1 amide bonds. The highest BCUT2D eigenvalue weighted by Gasteiger charge is 2.30. The first-order chi connectivity index (χ1) is 11.2. The van der Waals surface area contributed by atoms with Crippen molar-refractivity contribution in [1.29, 1.82) is 0 Å². The minimum atomic E-state index is 0.0996. The summed E-state index contributed by atoms with van der Waals surface area (Å²) in [5.41, 5.74) is 1.90. The van der Waals surface area contributed by atoms with Crippen LogP contribution in [0.2, 0.25) is 0 Å². The summed E-state index contributed by atoms with van der Waals surface area (Å²) in [5, 5.41) is 0. The molecule has 4 nitrogen and oxygen atoms in total. The first-order valence-electron chi connectivity index (χ1n) is 8.16. The van der Waals surface area contributed by atoms with Crippen molar-refractivity contribution in [2.75, 3.05) is 25.5 Å². The molecule has 0 saturated carbocycles. The van der Waals surface area contributed by atoms with Crippen molar-refractivity contribution < 1.29 is 4.79 Å². The van der Waals surface area contributed by atoms with Gasteiger partial charge in [0.1, 0.15) is 5.82 Å². The molecular weight excluding hydrogens is 286 g/mol. The Bertz CT molecular complexity index is 669. The van der Waals surface area contributed by atoms with Crippen LogP contribution in [0.4, 0.5) is 5.82 Å². The van der Waals surface area contributed by atoms with E-state index in [1.807, 2.05) is 66.5 Å². The van der Waals surface area contributed by atoms with E-state index in [1.54, 1.807) is 0 Å². The third kappa shape index (κ3) is 3.21. The number of likely N-dealkylation sites (tertiary alicyclic amines) is 1. The molecule has 1 unspecified atom stereocenters. The molecule has 2 aromatic rings. The lowest BCUT2D eigenvalue weighted by Gasteiger charge is -2.37. The molecule has 1 aromatic heterocycles. The van der Waals surface area contributed by atoms with Crippen LogP contribution in [0.25, 0.3) is 0 Å². The lowest BCUT2D eigenvalue weighted by atomic mass is 9.94. The molecule has 1 aromatic carbocycles. The van der Waals surface area contributed by atoms with Gasteiger partial charge in [0.25, 0.3) is 5.91 Å². The fourth-order valence-electron chi connectivity index (χ4n) is 3.29. The van der Waals surface area contributed by atoms with Gasteiger partial charge in [0.05, 0.1) is 6.04 Å². The van der Waals surface area contributed by atoms with Crippen molar-refractivity contribution in [3.63, 3.8) is 0 Å². The second-order valence-electron chi connectivity index (χ2n) is 6.19. The molecule has 0 N–H and O–H groups in total. The van der Waals surface area contributed by atoms with Gasteiger partial charge < -0.3 is 9.80 Å². The number of benzene rings is 1. The molecule has 0 radical (unpaired) electrons. The number of amides is 1. The van der Waals surface area contributed by atoms with E-state index >= 15 is 0 Å². The van der Waals surface area contributed by atoms with Crippen LogP contribution in [0, 0.1) is 0 Å². The van der Waals surface area contributed by atoms with Crippen molar-refractivity contribution in [2.24, 2.45) is 0 Å². The van der Waals surface area contributed by atoms with Gasteiger partial charge >= 0.3 is 0 Å². The number of carbonyl (C=O) groups excluding carboxylic acids is 1. The number of pyridine rings is 1.